The molecule has 9 nitrogen and oxygen atoms in total. The first-order chi connectivity index (χ1) is 16.0. The molecular formula is C23H17N5O4S. The lowest BCUT2D eigenvalue weighted by Crippen LogP contribution is -2.50. The zero-order valence-electron chi connectivity index (χ0n) is 17.2. The van der Waals surface area contributed by atoms with Crippen molar-refractivity contribution in [1.82, 2.24) is 10.3 Å². The SMILES string of the molecule is C=CCSC1=NN2C(=c3ccccc3=N[C@@H]2c2ccc(-c3cccc([N+](=O)[O-])c3)o2)C(=O)N1. The molecule has 0 radical (unpaired) electrons. The number of fused-ring (bicyclic) bond motifs is 2. The minimum absolute atomic E-state index is 0.0291. The van der Waals surface area contributed by atoms with Gasteiger partial charge in [0.25, 0.3) is 11.6 Å². The molecule has 164 valence electrons. The van der Waals surface area contributed by atoms with Gasteiger partial charge in [0.1, 0.15) is 11.5 Å². The molecule has 0 unspecified atom stereocenters. The number of hydrogen-bond donors (Lipinski definition) is 1. The molecule has 1 amide bonds. The Labute approximate surface area is 192 Å². The number of nitrogens with zero attached hydrogens (tertiary/aromatic N) is 4. The highest BCUT2D eigenvalue weighted by atomic mass is 32.2. The fraction of sp³-hybridized carbons (Fsp3) is 0.0870. The van der Waals surface area contributed by atoms with Crippen LogP contribution in [0.4, 0.5) is 5.69 Å². The first-order valence-electron chi connectivity index (χ1n) is 10.00. The number of non-ortho nitro benzene ring substituents is 1. The number of para-hydroxylation sites is 1. The number of nitro groups is 1. The summed E-state index contributed by atoms with van der Waals surface area (Å²) in [4.78, 5) is 28.5. The van der Waals surface area contributed by atoms with Crippen molar-refractivity contribution in [3.63, 3.8) is 0 Å². The number of hydrazone groups is 1. The maximum Gasteiger partial charge on any atom is 0.276 e. The van der Waals surface area contributed by atoms with Crippen LogP contribution in [0.3, 0.4) is 0 Å². The topological polar surface area (TPSA) is 113 Å². The van der Waals surface area contributed by atoms with E-state index < -0.39 is 11.1 Å². The fourth-order valence-electron chi connectivity index (χ4n) is 3.64. The van der Waals surface area contributed by atoms with E-state index in [9.17, 15) is 14.9 Å². The summed E-state index contributed by atoms with van der Waals surface area (Å²) in [5, 5.41) is 21.9. The average molecular weight is 459 g/mol. The average Bonchev–Trinajstić information content (AvgIpc) is 3.32. The molecule has 10 heteroatoms. The molecule has 33 heavy (non-hydrogen) atoms. The highest BCUT2D eigenvalue weighted by Gasteiger charge is 2.35. The zero-order chi connectivity index (χ0) is 22.9. The second kappa shape index (κ2) is 8.40. The number of hydrogen-bond acceptors (Lipinski definition) is 8. The summed E-state index contributed by atoms with van der Waals surface area (Å²) in [5.74, 6) is 1.21. The molecule has 0 fully saturated rings. The van der Waals surface area contributed by atoms with Crippen LogP contribution < -0.4 is 15.9 Å². The minimum atomic E-state index is -0.715. The van der Waals surface area contributed by atoms with E-state index in [0.717, 1.165) is 0 Å². The Morgan fingerprint density at radius 1 is 1.21 bits per heavy atom. The lowest BCUT2D eigenvalue weighted by Gasteiger charge is -2.32. The Balaban J connectivity index is 1.60. The lowest BCUT2D eigenvalue weighted by molar-refractivity contribution is -0.384. The third-order valence-electron chi connectivity index (χ3n) is 5.08. The van der Waals surface area contributed by atoms with Crippen LogP contribution in [0.5, 0.6) is 0 Å². The highest BCUT2D eigenvalue weighted by molar-refractivity contribution is 8.14. The van der Waals surface area contributed by atoms with Gasteiger partial charge in [-0.2, -0.15) is 0 Å². The summed E-state index contributed by atoms with van der Waals surface area (Å²) < 4.78 is 6.06. The van der Waals surface area contributed by atoms with E-state index in [4.69, 9.17) is 9.41 Å². The predicted octanol–water partition coefficient (Wildman–Crippen LogP) is 2.92. The predicted molar refractivity (Wildman–Crippen MR) is 124 cm³/mol. The summed E-state index contributed by atoms with van der Waals surface area (Å²) in [5.41, 5.74) is 0.915. The molecule has 0 saturated carbocycles. The lowest BCUT2D eigenvalue weighted by atomic mass is 10.1. The fourth-order valence-corrected chi connectivity index (χ4v) is 4.22. The Morgan fingerprint density at radius 3 is 2.88 bits per heavy atom. The summed E-state index contributed by atoms with van der Waals surface area (Å²) in [6, 6.07) is 17.0. The summed E-state index contributed by atoms with van der Waals surface area (Å²) >= 11 is 1.35. The summed E-state index contributed by atoms with van der Waals surface area (Å²) in [7, 11) is 0. The molecular weight excluding hydrogens is 442 g/mol. The van der Waals surface area contributed by atoms with Gasteiger partial charge in [-0.1, -0.05) is 48.2 Å². The van der Waals surface area contributed by atoms with Crippen LogP contribution in [0.25, 0.3) is 17.0 Å². The van der Waals surface area contributed by atoms with Crippen LogP contribution in [-0.2, 0) is 4.79 Å². The number of rotatable bonds is 5. The molecule has 3 heterocycles. The number of amides is 1. The molecule has 2 aliphatic heterocycles. The number of thioether (sulfide) groups is 1. The normalized spacial score (nSPS) is 16.8. The molecule has 2 aromatic carbocycles. The molecule has 2 aliphatic rings. The van der Waals surface area contributed by atoms with Crippen molar-refractivity contribution in [2.75, 3.05) is 5.75 Å². The van der Waals surface area contributed by atoms with Gasteiger partial charge in [-0.3, -0.25) is 20.2 Å². The van der Waals surface area contributed by atoms with Crippen LogP contribution in [-0.4, -0.2) is 26.8 Å². The van der Waals surface area contributed by atoms with Crippen molar-refractivity contribution < 1.29 is 14.1 Å². The number of furan rings is 1. The van der Waals surface area contributed by atoms with Crippen molar-refractivity contribution in [1.29, 1.82) is 0 Å². The van der Waals surface area contributed by atoms with Gasteiger partial charge in [-0.25, -0.2) is 10.0 Å². The van der Waals surface area contributed by atoms with E-state index in [1.54, 1.807) is 35.4 Å². The van der Waals surface area contributed by atoms with Gasteiger partial charge >= 0.3 is 0 Å². The molecule has 0 aliphatic carbocycles. The first kappa shape index (κ1) is 20.7. The molecule has 3 aromatic rings. The first-order valence-corrected chi connectivity index (χ1v) is 11.0. The molecule has 0 bridgehead atoms. The Morgan fingerprint density at radius 2 is 2.06 bits per heavy atom. The largest absolute Gasteiger partial charge is 0.457 e. The molecule has 5 rings (SSSR count). The number of carbonyl (C=O) groups excluding carboxylic acids is 1. The number of benzene rings is 2. The van der Waals surface area contributed by atoms with Gasteiger partial charge < -0.3 is 4.42 Å². The van der Waals surface area contributed by atoms with Crippen molar-refractivity contribution in [2.24, 2.45) is 10.1 Å². The van der Waals surface area contributed by atoms with Crippen molar-refractivity contribution in [3.05, 3.63) is 99.8 Å². The molecule has 1 N–H and O–H groups in total. The molecule has 1 aromatic heterocycles. The van der Waals surface area contributed by atoms with E-state index in [1.165, 1.54) is 23.9 Å². The third-order valence-corrected chi connectivity index (χ3v) is 5.94. The smallest absolute Gasteiger partial charge is 0.276 e. The van der Waals surface area contributed by atoms with Crippen LogP contribution in [0.15, 0.2) is 87.8 Å². The summed E-state index contributed by atoms with van der Waals surface area (Å²) in [6.07, 6.45) is 1.01. The van der Waals surface area contributed by atoms with Crippen LogP contribution in [0, 0.1) is 10.1 Å². The number of nitrogens with one attached hydrogen (secondary N) is 1. The standard InChI is InChI=1S/C23H17N5O4S/c1-2-12-33-23-25-22(29)20-16-8-3-4-9-17(16)24-21(27(20)26-23)19-11-10-18(32-19)14-6-5-7-15(13-14)28(30)31/h2-11,13,21H,1,12H2,(H,25,26,29)/t21-/m0/s1. The van der Waals surface area contributed by atoms with Crippen molar-refractivity contribution >= 4 is 34.2 Å². The Hall–Kier alpha value is -4.18. The maximum absolute atomic E-state index is 13.0. The van der Waals surface area contributed by atoms with Gasteiger partial charge in [-0.05, 0) is 18.2 Å². The van der Waals surface area contributed by atoms with Crippen LogP contribution >= 0.6 is 11.8 Å². The minimum Gasteiger partial charge on any atom is -0.457 e. The van der Waals surface area contributed by atoms with Gasteiger partial charge in [-0.15, -0.1) is 11.7 Å². The number of carbonyl (C=O) groups is 1. The van der Waals surface area contributed by atoms with Crippen molar-refractivity contribution in [2.45, 2.75) is 6.17 Å². The monoisotopic (exact) mass is 459 g/mol. The molecule has 0 saturated heterocycles. The van der Waals surface area contributed by atoms with Gasteiger partial charge in [0, 0.05) is 28.7 Å². The van der Waals surface area contributed by atoms with E-state index >= 15 is 0 Å². The zero-order valence-corrected chi connectivity index (χ0v) is 18.0. The third kappa shape index (κ3) is 3.80. The summed E-state index contributed by atoms with van der Waals surface area (Å²) in [6.45, 7) is 3.70. The number of nitro benzene ring substituents is 1. The van der Waals surface area contributed by atoms with Gasteiger partial charge in [0.2, 0.25) is 6.17 Å². The van der Waals surface area contributed by atoms with Crippen molar-refractivity contribution in [3.8, 4) is 11.3 Å². The second-order valence-corrected chi connectivity index (χ2v) is 8.19. The molecule has 0 spiro atoms. The molecule has 1 atom stereocenters. The van der Waals surface area contributed by atoms with Crippen LogP contribution in [0.2, 0.25) is 0 Å². The Kier molecular flexibility index (Phi) is 5.27. The van der Waals surface area contributed by atoms with E-state index in [2.05, 4.69) is 17.0 Å². The maximum atomic E-state index is 13.0. The highest BCUT2D eigenvalue weighted by Crippen LogP contribution is 2.34. The quantitative estimate of drug-likeness (QED) is 0.357. The van der Waals surface area contributed by atoms with E-state index in [1.807, 2.05) is 24.3 Å². The van der Waals surface area contributed by atoms with Gasteiger partial charge in [0.05, 0.1) is 10.3 Å². The van der Waals surface area contributed by atoms with Crippen LogP contribution in [0.1, 0.15) is 11.9 Å². The van der Waals surface area contributed by atoms with E-state index in [-0.39, 0.29) is 11.6 Å². The van der Waals surface area contributed by atoms with Gasteiger partial charge in [0.15, 0.2) is 10.9 Å². The number of amidine groups is 1. The Bertz CT molecular complexity index is 1440. The van der Waals surface area contributed by atoms with E-state index in [0.29, 0.717) is 44.3 Å². The second-order valence-electron chi connectivity index (χ2n) is 7.18.